The van der Waals surface area contributed by atoms with E-state index < -0.39 is 0 Å². The van der Waals surface area contributed by atoms with Gasteiger partial charge in [0.05, 0.1) is 17.1 Å². The van der Waals surface area contributed by atoms with Crippen molar-refractivity contribution >= 4 is 29.1 Å². The molecule has 1 atom stereocenters. The average molecular weight is 386 g/mol. The molecule has 0 unspecified atom stereocenters. The lowest BCUT2D eigenvalue weighted by Gasteiger charge is -2.32. The molecule has 4 rings (SSSR count). The van der Waals surface area contributed by atoms with Crippen LogP contribution in [0.1, 0.15) is 12.0 Å². The highest BCUT2D eigenvalue weighted by molar-refractivity contribution is 6.36. The van der Waals surface area contributed by atoms with Crippen LogP contribution in [0.3, 0.4) is 0 Å². The first-order valence-electron chi connectivity index (χ1n) is 9.47. The molecular weight excluding hydrogens is 362 g/mol. The van der Waals surface area contributed by atoms with Crippen molar-refractivity contribution in [2.45, 2.75) is 19.0 Å². The van der Waals surface area contributed by atoms with Crippen molar-refractivity contribution in [1.82, 2.24) is 0 Å². The molecule has 2 aliphatic rings. The molecule has 2 heterocycles. The fourth-order valence-corrected chi connectivity index (χ4v) is 4.39. The number of imide groups is 1. The highest BCUT2D eigenvalue weighted by atomic mass is 35.5. The zero-order valence-electron chi connectivity index (χ0n) is 15.2. The minimum Gasteiger partial charge on any atom is -0.322 e. The Balaban J connectivity index is 1.40. The van der Waals surface area contributed by atoms with E-state index in [9.17, 15) is 9.59 Å². The highest BCUT2D eigenvalue weighted by Gasteiger charge is 2.47. The van der Waals surface area contributed by atoms with Gasteiger partial charge in [-0.25, -0.2) is 4.90 Å². The van der Waals surface area contributed by atoms with E-state index in [0.29, 0.717) is 10.7 Å². The average Bonchev–Trinajstić information content (AvgIpc) is 2.98. The molecule has 2 N–H and O–H groups in total. The van der Waals surface area contributed by atoms with E-state index in [0.717, 1.165) is 32.7 Å². The maximum absolute atomic E-state index is 13.0. The summed E-state index contributed by atoms with van der Waals surface area (Å²) in [5.74, 6) is -0.265. The van der Waals surface area contributed by atoms with E-state index in [-0.39, 0.29) is 24.3 Å². The van der Waals surface area contributed by atoms with E-state index >= 15 is 0 Å². The van der Waals surface area contributed by atoms with E-state index in [1.165, 1.54) is 20.3 Å². The molecule has 2 aromatic carbocycles. The first-order valence-corrected chi connectivity index (χ1v) is 9.84. The molecule has 6 heteroatoms. The summed E-state index contributed by atoms with van der Waals surface area (Å²) in [6.45, 7) is 4.84. The second-order valence-corrected chi connectivity index (χ2v) is 7.75. The van der Waals surface area contributed by atoms with Crippen molar-refractivity contribution in [1.29, 1.82) is 0 Å². The van der Waals surface area contributed by atoms with Crippen LogP contribution in [-0.4, -0.2) is 44.0 Å². The summed E-state index contributed by atoms with van der Waals surface area (Å²) in [5.41, 5.74) is 1.84. The first-order chi connectivity index (χ1) is 13.1. The molecule has 5 nitrogen and oxygen atoms in total. The van der Waals surface area contributed by atoms with E-state index in [2.05, 4.69) is 24.3 Å². The number of carbonyl (C=O) groups is 2. The predicted molar refractivity (Wildman–Crippen MR) is 104 cm³/mol. The lowest BCUT2D eigenvalue weighted by atomic mass is 10.1. The van der Waals surface area contributed by atoms with Crippen LogP contribution in [0.25, 0.3) is 0 Å². The lowest BCUT2D eigenvalue weighted by Crippen LogP contribution is -3.29. The molecule has 0 aromatic heterocycles. The second-order valence-electron chi connectivity index (χ2n) is 7.35. The molecule has 2 aromatic rings. The SMILES string of the molecule is O=C1C[C@H]([NH+]2CC[NH+](Cc3ccccc3)CC2)C(=O)N1c1ccccc1Cl. The summed E-state index contributed by atoms with van der Waals surface area (Å²) in [6.07, 6.45) is 0.271. The Kier molecular flexibility index (Phi) is 5.25. The number of nitrogens with one attached hydrogen (secondary N) is 2. The fourth-order valence-electron chi connectivity index (χ4n) is 4.17. The molecular formula is C21H24ClN3O2+2. The van der Waals surface area contributed by atoms with Crippen LogP contribution in [-0.2, 0) is 16.1 Å². The zero-order valence-corrected chi connectivity index (χ0v) is 15.9. The topological polar surface area (TPSA) is 46.3 Å². The molecule has 2 saturated heterocycles. The molecule has 0 radical (unpaired) electrons. The summed E-state index contributed by atoms with van der Waals surface area (Å²) < 4.78 is 0. The van der Waals surface area contributed by atoms with Crippen LogP contribution < -0.4 is 14.7 Å². The predicted octanol–water partition coefficient (Wildman–Crippen LogP) is -0.0445. The van der Waals surface area contributed by atoms with Crippen molar-refractivity contribution in [2.75, 3.05) is 31.1 Å². The maximum atomic E-state index is 13.0. The van der Waals surface area contributed by atoms with Crippen LogP contribution >= 0.6 is 11.6 Å². The number of nitrogens with zero attached hydrogens (tertiary/aromatic N) is 1. The number of halogens is 1. The Morgan fingerprint density at radius 2 is 1.59 bits per heavy atom. The number of para-hydroxylation sites is 1. The van der Waals surface area contributed by atoms with Crippen molar-refractivity contribution < 1.29 is 19.4 Å². The number of quaternary nitrogens is 2. The third-order valence-electron chi connectivity index (χ3n) is 5.63. The largest absolute Gasteiger partial charge is 0.322 e. The Labute approximate surface area is 164 Å². The molecule has 2 aliphatic heterocycles. The number of piperazine rings is 1. The van der Waals surface area contributed by atoms with Gasteiger partial charge in [-0.3, -0.25) is 9.59 Å². The van der Waals surface area contributed by atoms with Crippen molar-refractivity contribution in [2.24, 2.45) is 0 Å². The van der Waals surface area contributed by atoms with E-state index in [4.69, 9.17) is 11.6 Å². The van der Waals surface area contributed by atoms with Gasteiger partial charge in [0, 0.05) is 5.56 Å². The Morgan fingerprint density at radius 1 is 0.926 bits per heavy atom. The minimum absolute atomic E-state index is 0.116. The molecule has 0 saturated carbocycles. The second kappa shape index (κ2) is 7.80. The normalized spacial score (nSPS) is 25.8. The zero-order chi connectivity index (χ0) is 18.8. The smallest absolute Gasteiger partial charge is 0.292 e. The summed E-state index contributed by atoms with van der Waals surface area (Å²) in [5, 5.41) is 0.437. The third-order valence-corrected chi connectivity index (χ3v) is 5.95. The molecule has 2 fully saturated rings. The van der Waals surface area contributed by atoms with Gasteiger partial charge in [0.1, 0.15) is 32.7 Å². The van der Waals surface area contributed by atoms with Gasteiger partial charge in [0.15, 0.2) is 6.04 Å². The van der Waals surface area contributed by atoms with Gasteiger partial charge in [-0.05, 0) is 12.1 Å². The van der Waals surface area contributed by atoms with E-state index in [1.807, 2.05) is 6.07 Å². The lowest BCUT2D eigenvalue weighted by molar-refractivity contribution is -1.02. The van der Waals surface area contributed by atoms with Crippen LogP contribution in [0.5, 0.6) is 0 Å². The summed E-state index contributed by atoms with van der Waals surface area (Å²) in [4.78, 5) is 29.5. The number of carbonyl (C=O) groups excluding carboxylic acids is 2. The summed E-state index contributed by atoms with van der Waals surface area (Å²) >= 11 is 6.21. The van der Waals surface area contributed by atoms with Crippen LogP contribution in [0, 0.1) is 0 Å². The molecule has 2 amide bonds. The molecule has 0 bridgehead atoms. The van der Waals surface area contributed by atoms with Gasteiger partial charge in [0.25, 0.3) is 5.91 Å². The summed E-state index contributed by atoms with van der Waals surface area (Å²) in [7, 11) is 0. The monoisotopic (exact) mass is 385 g/mol. The molecule has 0 aliphatic carbocycles. The number of hydrogen-bond acceptors (Lipinski definition) is 2. The Morgan fingerprint density at radius 3 is 2.30 bits per heavy atom. The van der Waals surface area contributed by atoms with Crippen LogP contribution in [0.2, 0.25) is 5.02 Å². The van der Waals surface area contributed by atoms with Crippen molar-refractivity contribution in [3.8, 4) is 0 Å². The highest BCUT2D eigenvalue weighted by Crippen LogP contribution is 2.29. The van der Waals surface area contributed by atoms with Gasteiger partial charge in [-0.2, -0.15) is 0 Å². The number of rotatable bonds is 4. The van der Waals surface area contributed by atoms with Gasteiger partial charge < -0.3 is 9.80 Å². The molecule has 0 spiro atoms. The van der Waals surface area contributed by atoms with Gasteiger partial charge in [-0.15, -0.1) is 0 Å². The number of hydrogen-bond donors (Lipinski definition) is 2. The maximum Gasteiger partial charge on any atom is 0.292 e. The fraction of sp³-hybridized carbons (Fsp3) is 0.333. The van der Waals surface area contributed by atoms with Crippen molar-refractivity contribution in [3.05, 3.63) is 65.2 Å². The van der Waals surface area contributed by atoms with Gasteiger partial charge in [-0.1, -0.05) is 54.1 Å². The number of anilines is 1. The number of amides is 2. The number of benzene rings is 2. The molecule has 27 heavy (non-hydrogen) atoms. The minimum atomic E-state index is -0.285. The quantitative estimate of drug-likeness (QED) is 0.725. The summed E-state index contributed by atoms with van der Waals surface area (Å²) in [6, 6.07) is 17.3. The Hall–Kier alpha value is -2.21. The Bertz CT molecular complexity index is 834. The van der Waals surface area contributed by atoms with Crippen LogP contribution in [0.4, 0.5) is 5.69 Å². The van der Waals surface area contributed by atoms with E-state index in [1.54, 1.807) is 24.3 Å². The third kappa shape index (κ3) is 3.76. The van der Waals surface area contributed by atoms with Gasteiger partial charge >= 0.3 is 0 Å². The van der Waals surface area contributed by atoms with Crippen molar-refractivity contribution in [3.63, 3.8) is 0 Å². The van der Waals surface area contributed by atoms with Gasteiger partial charge in [0.2, 0.25) is 5.91 Å². The molecule has 140 valence electrons. The van der Waals surface area contributed by atoms with Crippen LogP contribution in [0.15, 0.2) is 54.6 Å². The first kappa shape index (κ1) is 18.2. The standard InChI is InChI=1S/C21H22ClN3O2/c22-17-8-4-5-9-18(17)25-20(26)14-19(21(25)27)24-12-10-23(11-13-24)15-16-6-2-1-3-7-16/h1-9,19H,10-15H2/p+2/t19-/m0/s1.